The van der Waals surface area contributed by atoms with E-state index in [1.807, 2.05) is 18.2 Å². The van der Waals surface area contributed by atoms with E-state index in [4.69, 9.17) is 4.74 Å². The number of benzene rings is 2. The number of methoxy groups -OCH3 is 1. The smallest absolute Gasteiger partial charge is 0.237 e. The Morgan fingerprint density at radius 3 is 2.88 bits per heavy atom. The number of fused-ring (bicyclic) bond motifs is 1. The molecule has 0 aliphatic rings. The maximum Gasteiger partial charge on any atom is 0.237 e. The van der Waals surface area contributed by atoms with Crippen LogP contribution in [0, 0.1) is 5.82 Å². The number of hydrogen-bond donors (Lipinski definition) is 2. The lowest BCUT2D eigenvalue weighted by molar-refractivity contribution is -0.115. The normalized spacial score (nSPS) is 12.1. The number of carbonyl (C=O) groups is 1. The van der Waals surface area contributed by atoms with E-state index < -0.39 is 11.1 Å². The lowest BCUT2D eigenvalue weighted by Gasteiger charge is -2.10. The average molecular weight is 345 g/mol. The van der Waals surface area contributed by atoms with Gasteiger partial charge in [-0.25, -0.2) is 9.37 Å². The number of imidazole rings is 1. The number of hydrogen-bond acceptors (Lipinski definition) is 4. The summed E-state index contributed by atoms with van der Waals surface area (Å²) in [6, 6.07) is 11.6. The quantitative estimate of drug-likeness (QED) is 0.690. The summed E-state index contributed by atoms with van der Waals surface area (Å²) < 4.78 is 18.8. The number of H-pyrrole nitrogens is 1. The lowest BCUT2D eigenvalue weighted by atomic mass is 10.3. The number of anilines is 1. The molecule has 0 fully saturated rings. The van der Waals surface area contributed by atoms with Crippen LogP contribution >= 0.6 is 11.8 Å². The number of ether oxygens (including phenoxy) is 1. The maximum absolute atomic E-state index is 13.6. The van der Waals surface area contributed by atoms with Gasteiger partial charge in [-0.15, -0.1) is 0 Å². The first-order valence-electron chi connectivity index (χ1n) is 7.32. The van der Waals surface area contributed by atoms with Gasteiger partial charge >= 0.3 is 0 Å². The molecule has 7 heteroatoms. The van der Waals surface area contributed by atoms with Crippen molar-refractivity contribution >= 4 is 34.4 Å². The lowest BCUT2D eigenvalue weighted by Crippen LogP contribution is -2.23. The second-order valence-corrected chi connectivity index (χ2v) is 6.48. The van der Waals surface area contributed by atoms with Crippen LogP contribution in [-0.4, -0.2) is 28.2 Å². The summed E-state index contributed by atoms with van der Waals surface area (Å²) in [5, 5.41) is 2.77. The monoisotopic (exact) mass is 345 g/mol. The first kappa shape index (κ1) is 16.3. The van der Waals surface area contributed by atoms with Crippen molar-refractivity contribution in [3.8, 4) is 5.75 Å². The number of rotatable bonds is 5. The minimum absolute atomic E-state index is 0.171. The number of para-hydroxylation sites is 1. The molecule has 0 aliphatic heterocycles. The van der Waals surface area contributed by atoms with E-state index in [9.17, 15) is 9.18 Å². The van der Waals surface area contributed by atoms with Crippen molar-refractivity contribution < 1.29 is 13.9 Å². The molecule has 24 heavy (non-hydrogen) atoms. The second kappa shape index (κ2) is 6.92. The molecule has 0 aliphatic carbocycles. The van der Waals surface area contributed by atoms with Gasteiger partial charge in [-0.2, -0.15) is 0 Å². The largest absolute Gasteiger partial charge is 0.497 e. The number of aromatic nitrogens is 2. The van der Waals surface area contributed by atoms with Gasteiger partial charge in [0.15, 0.2) is 5.16 Å². The van der Waals surface area contributed by atoms with Crippen LogP contribution in [0.25, 0.3) is 11.0 Å². The number of aromatic amines is 1. The van der Waals surface area contributed by atoms with Gasteiger partial charge in [0.2, 0.25) is 5.91 Å². The molecule has 1 heterocycles. The summed E-state index contributed by atoms with van der Waals surface area (Å²) in [4.78, 5) is 19.8. The number of nitrogens with one attached hydrogen (secondary N) is 2. The Balaban J connectivity index is 1.71. The highest BCUT2D eigenvalue weighted by Crippen LogP contribution is 2.26. The van der Waals surface area contributed by atoms with Crippen LogP contribution < -0.4 is 10.1 Å². The standard InChI is InChI=1S/C17H16FN3O2S/c1-10(16(22)19-13-6-4-3-5-12(13)18)24-17-20-14-8-7-11(23-2)9-15(14)21-17/h3-10H,1-2H3,(H,19,22)(H,20,21). The molecule has 2 aromatic carbocycles. The minimum Gasteiger partial charge on any atom is -0.497 e. The highest BCUT2D eigenvalue weighted by molar-refractivity contribution is 8.00. The third-order valence-corrected chi connectivity index (χ3v) is 4.44. The van der Waals surface area contributed by atoms with Crippen LogP contribution in [0.4, 0.5) is 10.1 Å². The van der Waals surface area contributed by atoms with Crippen LogP contribution in [0.1, 0.15) is 6.92 Å². The highest BCUT2D eigenvalue weighted by atomic mass is 32.2. The Morgan fingerprint density at radius 2 is 2.12 bits per heavy atom. The number of amides is 1. The summed E-state index contributed by atoms with van der Waals surface area (Å²) in [6.45, 7) is 1.74. The zero-order valence-electron chi connectivity index (χ0n) is 13.2. The predicted octanol–water partition coefficient (Wildman–Crippen LogP) is 3.83. The van der Waals surface area contributed by atoms with Crippen molar-refractivity contribution in [2.45, 2.75) is 17.3 Å². The van der Waals surface area contributed by atoms with Crippen LogP contribution in [0.5, 0.6) is 5.75 Å². The average Bonchev–Trinajstić information content (AvgIpc) is 2.97. The molecule has 124 valence electrons. The van der Waals surface area contributed by atoms with E-state index in [1.54, 1.807) is 26.2 Å². The van der Waals surface area contributed by atoms with Crippen LogP contribution in [0.2, 0.25) is 0 Å². The molecular weight excluding hydrogens is 329 g/mol. The Bertz CT molecular complexity index is 881. The van der Waals surface area contributed by atoms with Crippen molar-refractivity contribution in [3.05, 3.63) is 48.3 Å². The van der Waals surface area contributed by atoms with Gasteiger partial charge in [-0.1, -0.05) is 23.9 Å². The number of carbonyl (C=O) groups excluding carboxylic acids is 1. The fourth-order valence-corrected chi connectivity index (χ4v) is 2.99. The van der Waals surface area contributed by atoms with Crippen molar-refractivity contribution in [3.63, 3.8) is 0 Å². The Labute approximate surface area is 142 Å². The SMILES string of the molecule is COc1ccc2nc(SC(C)C(=O)Nc3ccccc3F)[nH]c2c1. The molecule has 2 N–H and O–H groups in total. The minimum atomic E-state index is -0.459. The first-order valence-corrected chi connectivity index (χ1v) is 8.20. The van der Waals surface area contributed by atoms with Crippen molar-refractivity contribution in [1.82, 2.24) is 9.97 Å². The van der Waals surface area contributed by atoms with Gasteiger partial charge in [0.1, 0.15) is 11.6 Å². The van der Waals surface area contributed by atoms with Gasteiger partial charge in [-0.3, -0.25) is 4.79 Å². The summed E-state index contributed by atoms with van der Waals surface area (Å²) >= 11 is 1.27. The summed E-state index contributed by atoms with van der Waals surface area (Å²) in [5.74, 6) is -0.0185. The topological polar surface area (TPSA) is 67.0 Å². The molecular formula is C17H16FN3O2S. The van der Waals surface area contributed by atoms with Crippen LogP contribution in [0.15, 0.2) is 47.6 Å². The Kier molecular flexibility index (Phi) is 4.71. The first-order chi connectivity index (χ1) is 11.6. The molecule has 0 bridgehead atoms. The van der Waals surface area contributed by atoms with E-state index in [0.717, 1.165) is 16.8 Å². The van der Waals surface area contributed by atoms with Crippen LogP contribution in [-0.2, 0) is 4.79 Å². The van der Waals surface area contributed by atoms with E-state index in [1.165, 1.54) is 23.9 Å². The molecule has 0 radical (unpaired) electrons. The maximum atomic E-state index is 13.6. The van der Waals surface area contributed by atoms with E-state index in [-0.39, 0.29) is 11.6 Å². The predicted molar refractivity (Wildman–Crippen MR) is 93.0 cm³/mol. The molecule has 5 nitrogen and oxygen atoms in total. The summed E-state index contributed by atoms with van der Waals surface area (Å²) in [6.07, 6.45) is 0. The van der Waals surface area contributed by atoms with Gasteiger partial charge in [0.05, 0.1) is 29.1 Å². The van der Waals surface area contributed by atoms with E-state index in [2.05, 4.69) is 15.3 Å². The number of nitrogens with zero attached hydrogens (tertiary/aromatic N) is 1. The summed E-state index contributed by atoms with van der Waals surface area (Å²) in [5.41, 5.74) is 1.79. The Hall–Kier alpha value is -2.54. The fourth-order valence-electron chi connectivity index (χ4n) is 2.17. The molecule has 3 aromatic rings. The van der Waals surface area contributed by atoms with Crippen molar-refractivity contribution in [1.29, 1.82) is 0 Å². The summed E-state index contributed by atoms with van der Waals surface area (Å²) in [7, 11) is 1.60. The van der Waals surface area contributed by atoms with E-state index in [0.29, 0.717) is 5.16 Å². The molecule has 1 amide bonds. The molecule has 0 saturated carbocycles. The fraction of sp³-hybridized carbons (Fsp3) is 0.176. The zero-order valence-corrected chi connectivity index (χ0v) is 14.0. The van der Waals surface area contributed by atoms with Gasteiger partial charge in [-0.05, 0) is 31.2 Å². The zero-order chi connectivity index (χ0) is 17.1. The molecule has 0 spiro atoms. The third-order valence-electron chi connectivity index (χ3n) is 3.46. The van der Waals surface area contributed by atoms with E-state index >= 15 is 0 Å². The second-order valence-electron chi connectivity index (χ2n) is 5.15. The van der Waals surface area contributed by atoms with Gasteiger partial charge in [0, 0.05) is 6.07 Å². The molecule has 1 unspecified atom stereocenters. The molecule has 0 saturated heterocycles. The van der Waals surface area contributed by atoms with Crippen molar-refractivity contribution in [2.24, 2.45) is 0 Å². The third kappa shape index (κ3) is 3.51. The van der Waals surface area contributed by atoms with Crippen LogP contribution in [0.3, 0.4) is 0 Å². The molecule has 1 atom stereocenters. The van der Waals surface area contributed by atoms with Gasteiger partial charge < -0.3 is 15.0 Å². The number of halogens is 1. The Morgan fingerprint density at radius 1 is 1.33 bits per heavy atom. The highest BCUT2D eigenvalue weighted by Gasteiger charge is 2.18. The number of thioether (sulfide) groups is 1. The van der Waals surface area contributed by atoms with Crippen molar-refractivity contribution in [2.75, 3.05) is 12.4 Å². The molecule has 3 rings (SSSR count). The van der Waals surface area contributed by atoms with Gasteiger partial charge in [0.25, 0.3) is 0 Å². The molecule has 1 aromatic heterocycles.